The molecule has 146 valence electrons. The van der Waals surface area contributed by atoms with E-state index in [0.29, 0.717) is 6.92 Å². The van der Waals surface area contributed by atoms with Crippen molar-refractivity contribution in [2.45, 2.75) is 51.9 Å². The van der Waals surface area contributed by atoms with Gasteiger partial charge in [-0.1, -0.05) is 6.92 Å². The van der Waals surface area contributed by atoms with Gasteiger partial charge >= 0.3 is 12.2 Å². The SMILES string of the molecule is Cc1cn(C(=O)N[C@@H]2CCN(C(=O)C(C)(O)C(F)(F)F)C[C@@H]2C)nc1C. The average Bonchev–Trinajstić information content (AvgIpc) is 2.87. The number of piperidine rings is 1. The van der Waals surface area contributed by atoms with Gasteiger partial charge in [-0.3, -0.25) is 4.79 Å². The average molecular weight is 376 g/mol. The van der Waals surface area contributed by atoms with Crippen LogP contribution in [0.4, 0.5) is 18.0 Å². The van der Waals surface area contributed by atoms with Crippen molar-refractivity contribution >= 4 is 11.9 Å². The van der Waals surface area contributed by atoms with Crippen molar-refractivity contribution in [2.75, 3.05) is 13.1 Å². The number of aliphatic hydroxyl groups is 1. The zero-order chi connectivity index (χ0) is 19.9. The van der Waals surface area contributed by atoms with Crippen molar-refractivity contribution in [2.24, 2.45) is 5.92 Å². The van der Waals surface area contributed by atoms with E-state index in [1.807, 2.05) is 6.92 Å². The lowest BCUT2D eigenvalue weighted by Crippen LogP contribution is -2.60. The highest BCUT2D eigenvalue weighted by atomic mass is 19.4. The molecule has 0 aromatic carbocycles. The molecule has 1 unspecified atom stereocenters. The van der Waals surface area contributed by atoms with Gasteiger partial charge in [0.1, 0.15) is 0 Å². The lowest BCUT2D eigenvalue weighted by Gasteiger charge is -2.40. The summed E-state index contributed by atoms with van der Waals surface area (Å²) in [4.78, 5) is 25.3. The third kappa shape index (κ3) is 3.84. The van der Waals surface area contributed by atoms with Crippen LogP contribution in [0.1, 0.15) is 31.5 Å². The van der Waals surface area contributed by atoms with Crippen LogP contribution in [-0.4, -0.2) is 62.6 Å². The van der Waals surface area contributed by atoms with Gasteiger partial charge in [-0.25, -0.2) is 4.79 Å². The number of likely N-dealkylation sites (tertiary alicyclic amines) is 1. The first kappa shape index (κ1) is 20.2. The summed E-state index contributed by atoms with van der Waals surface area (Å²) in [6.45, 7) is 5.80. The van der Waals surface area contributed by atoms with Crippen LogP contribution in [0.15, 0.2) is 6.20 Å². The molecule has 10 heteroatoms. The Morgan fingerprint density at radius 2 is 1.96 bits per heavy atom. The highest BCUT2D eigenvalue weighted by Crippen LogP contribution is 2.32. The normalized spacial score (nSPS) is 23.5. The van der Waals surface area contributed by atoms with Crippen molar-refractivity contribution in [1.29, 1.82) is 0 Å². The fourth-order valence-electron chi connectivity index (χ4n) is 2.85. The van der Waals surface area contributed by atoms with E-state index >= 15 is 0 Å². The number of aromatic nitrogens is 2. The van der Waals surface area contributed by atoms with Crippen LogP contribution in [0.2, 0.25) is 0 Å². The van der Waals surface area contributed by atoms with Crippen LogP contribution in [-0.2, 0) is 4.79 Å². The lowest BCUT2D eigenvalue weighted by molar-refractivity contribution is -0.250. The second kappa shape index (κ2) is 6.90. The Labute approximate surface area is 149 Å². The number of hydrogen-bond donors (Lipinski definition) is 2. The first-order valence-electron chi connectivity index (χ1n) is 8.26. The molecule has 2 amide bonds. The van der Waals surface area contributed by atoms with Crippen LogP contribution in [0.25, 0.3) is 0 Å². The quantitative estimate of drug-likeness (QED) is 0.821. The minimum Gasteiger partial charge on any atom is -0.373 e. The number of hydrogen-bond acceptors (Lipinski definition) is 4. The van der Waals surface area contributed by atoms with E-state index < -0.39 is 23.7 Å². The number of nitrogens with one attached hydrogen (secondary N) is 1. The van der Waals surface area contributed by atoms with Crippen molar-refractivity contribution in [1.82, 2.24) is 20.0 Å². The largest absolute Gasteiger partial charge is 0.426 e. The predicted octanol–water partition coefficient (Wildman–Crippen LogP) is 1.61. The molecular weight excluding hydrogens is 353 g/mol. The number of rotatable bonds is 2. The van der Waals surface area contributed by atoms with E-state index in [9.17, 15) is 27.9 Å². The van der Waals surface area contributed by atoms with Gasteiger partial charge in [0.05, 0.1) is 5.69 Å². The number of halogens is 3. The molecule has 2 N–H and O–H groups in total. The fourth-order valence-corrected chi connectivity index (χ4v) is 2.85. The minimum atomic E-state index is -5.05. The number of nitrogens with zero attached hydrogens (tertiary/aromatic N) is 3. The number of alkyl halides is 3. The molecule has 7 nitrogen and oxygen atoms in total. The second-order valence-corrected chi connectivity index (χ2v) is 6.99. The van der Waals surface area contributed by atoms with Crippen LogP contribution in [0, 0.1) is 19.8 Å². The summed E-state index contributed by atoms with van der Waals surface area (Å²) >= 11 is 0. The van der Waals surface area contributed by atoms with E-state index in [0.717, 1.165) is 16.2 Å². The number of carbonyl (C=O) groups excluding carboxylic acids is 2. The van der Waals surface area contributed by atoms with Crippen molar-refractivity contribution in [3.63, 3.8) is 0 Å². The van der Waals surface area contributed by atoms with Gasteiger partial charge in [0.15, 0.2) is 0 Å². The summed E-state index contributed by atoms with van der Waals surface area (Å²) in [6, 6.07) is -0.743. The summed E-state index contributed by atoms with van der Waals surface area (Å²) in [5.74, 6) is -1.65. The molecule has 1 saturated heterocycles. The van der Waals surface area contributed by atoms with Gasteiger partial charge < -0.3 is 15.3 Å². The van der Waals surface area contributed by atoms with Gasteiger partial charge in [-0.15, -0.1) is 0 Å². The Hall–Kier alpha value is -2.10. The van der Waals surface area contributed by atoms with Gasteiger partial charge in [0.2, 0.25) is 5.60 Å². The molecule has 0 aliphatic carbocycles. The number of carbonyl (C=O) groups is 2. The second-order valence-electron chi connectivity index (χ2n) is 6.99. The van der Waals surface area contributed by atoms with Gasteiger partial charge in [0, 0.05) is 25.3 Å². The van der Waals surface area contributed by atoms with Crippen molar-refractivity contribution in [3.05, 3.63) is 17.5 Å². The summed E-state index contributed by atoms with van der Waals surface area (Å²) in [5, 5.41) is 16.4. The summed E-state index contributed by atoms with van der Waals surface area (Å²) in [6.07, 6.45) is -3.17. The molecule has 0 radical (unpaired) electrons. The van der Waals surface area contributed by atoms with E-state index in [1.54, 1.807) is 20.0 Å². The van der Waals surface area contributed by atoms with Crippen molar-refractivity contribution in [3.8, 4) is 0 Å². The van der Waals surface area contributed by atoms with E-state index in [2.05, 4.69) is 10.4 Å². The molecule has 0 spiro atoms. The van der Waals surface area contributed by atoms with E-state index in [1.165, 1.54) is 4.68 Å². The van der Waals surface area contributed by atoms with Crippen LogP contribution in [0.3, 0.4) is 0 Å². The smallest absolute Gasteiger partial charge is 0.373 e. The predicted molar refractivity (Wildman–Crippen MR) is 86.5 cm³/mol. The molecular formula is C16H23F3N4O3. The Balaban J connectivity index is 2.00. The molecule has 0 bridgehead atoms. The molecule has 3 atom stereocenters. The first-order valence-corrected chi connectivity index (χ1v) is 8.26. The van der Waals surface area contributed by atoms with Gasteiger partial charge in [0.25, 0.3) is 5.91 Å². The highest BCUT2D eigenvalue weighted by Gasteiger charge is 2.57. The third-order valence-corrected chi connectivity index (χ3v) is 4.82. The standard InChI is InChI=1S/C16H23F3N4O3/c1-9-8-23(21-11(9)3)14(25)20-12-5-6-22(7-10(12)2)13(24)15(4,26)16(17,18)19/h8,10,12,26H,5-7H2,1-4H3,(H,20,25)/t10-,12+,15?/m0/s1. The molecule has 1 aliphatic rings. The van der Waals surface area contributed by atoms with Crippen LogP contribution in [0.5, 0.6) is 0 Å². The monoisotopic (exact) mass is 376 g/mol. The molecule has 2 heterocycles. The summed E-state index contributed by atoms with van der Waals surface area (Å²) in [5.41, 5.74) is -1.83. The maximum absolute atomic E-state index is 12.8. The number of aryl methyl sites for hydroxylation is 2. The molecule has 1 fully saturated rings. The van der Waals surface area contributed by atoms with Gasteiger partial charge in [-0.05, 0) is 38.7 Å². The van der Waals surface area contributed by atoms with E-state index in [-0.39, 0.29) is 31.5 Å². The Kier molecular flexibility index (Phi) is 5.36. The Morgan fingerprint density at radius 3 is 2.42 bits per heavy atom. The van der Waals surface area contributed by atoms with Crippen LogP contribution >= 0.6 is 0 Å². The molecule has 1 aromatic rings. The first-order chi connectivity index (χ1) is 11.8. The molecule has 1 aromatic heterocycles. The Morgan fingerprint density at radius 1 is 1.35 bits per heavy atom. The zero-order valence-corrected chi connectivity index (χ0v) is 15.1. The maximum Gasteiger partial charge on any atom is 0.426 e. The zero-order valence-electron chi connectivity index (χ0n) is 15.1. The highest BCUT2D eigenvalue weighted by molar-refractivity contribution is 5.85. The topological polar surface area (TPSA) is 87.5 Å². The van der Waals surface area contributed by atoms with Crippen molar-refractivity contribution < 1.29 is 27.9 Å². The Bertz CT molecular complexity index is 680. The van der Waals surface area contributed by atoms with E-state index in [4.69, 9.17) is 0 Å². The minimum absolute atomic E-state index is 0.00712. The number of amides is 2. The summed E-state index contributed by atoms with van der Waals surface area (Å²) in [7, 11) is 0. The lowest BCUT2D eigenvalue weighted by atomic mass is 9.92. The van der Waals surface area contributed by atoms with Gasteiger partial charge in [-0.2, -0.15) is 23.0 Å². The molecule has 1 aliphatic heterocycles. The summed E-state index contributed by atoms with van der Waals surface area (Å²) < 4.78 is 39.7. The molecule has 0 saturated carbocycles. The maximum atomic E-state index is 12.8. The molecule has 2 rings (SSSR count). The van der Waals surface area contributed by atoms with Crippen LogP contribution < -0.4 is 5.32 Å². The third-order valence-electron chi connectivity index (χ3n) is 4.82. The fraction of sp³-hybridized carbons (Fsp3) is 0.688. The molecule has 26 heavy (non-hydrogen) atoms.